The summed E-state index contributed by atoms with van der Waals surface area (Å²) in [5.74, 6) is 0. The summed E-state index contributed by atoms with van der Waals surface area (Å²) in [5.41, 5.74) is 7.92. The van der Waals surface area contributed by atoms with Crippen LogP contribution >= 0.6 is 0 Å². The van der Waals surface area contributed by atoms with Gasteiger partial charge in [0.15, 0.2) is 0 Å². The van der Waals surface area contributed by atoms with Crippen molar-refractivity contribution >= 4 is 0 Å². The van der Waals surface area contributed by atoms with Gasteiger partial charge in [0, 0.05) is 12.5 Å². The van der Waals surface area contributed by atoms with Crippen molar-refractivity contribution in [3.8, 4) is 0 Å². The fourth-order valence-electron chi connectivity index (χ4n) is 1.75. The molecule has 0 saturated heterocycles. The zero-order chi connectivity index (χ0) is 8.60. The Labute approximate surface area is 73.8 Å². The van der Waals surface area contributed by atoms with Gasteiger partial charge in [-0.15, -0.1) is 0 Å². The second-order valence-corrected chi connectivity index (χ2v) is 4.43. The highest BCUT2D eigenvalue weighted by molar-refractivity contribution is 5.12. The minimum Gasteiger partial charge on any atom is -0.501 e. The molecule has 0 aromatic rings. The second kappa shape index (κ2) is 2.77. The van der Waals surface area contributed by atoms with Gasteiger partial charge in [-0.1, -0.05) is 6.92 Å². The predicted octanol–water partition coefficient (Wildman–Crippen LogP) is 1.81. The fraction of sp³-hybridized carbons (Fsp3) is 0.800. The average molecular weight is 167 g/mol. The van der Waals surface area contributed by atoms with Crippen molar-refractivity contribution in [1.29, 1.82) is 0 Å². The maximum Gasteiger partial charge on any atom is 0.0912 e. The molecule has 2 aliphatic rings. The van der Waals surface area contributed by atoms with E-state index in [-0.39, 0.29) is 6.04 Å². The molecule has 2 rings (SSSR count). The van der Waals surface area contributed by atoms with Crippen LogP contribution in [0.15, 0.2) is 11.8 Å². The topological polar surface area (TPSA) is 35.2 Å². The van der Waals surface area contributed by atoms with E-state index in [1.807, 2.05) is 6.26 Å². The van der Waals surface area contributed by atoms with Crippen LogP contribution in [0.3, 0.4) is 0 Å². The zero-order valence-electron chi connectivity index (χ0n) is 7.68. The second-order valence-electron chi connectivity index (χ2n) is 4.43. The summed E-state index contributed by atoms with van der Waals surface area (Å²) >= 11 is 0. The first kappa shape index (κ1) is 8.11. The fourth-order valence-corrected chi connectivity index (χ4v) is 1.75. The molecule has 2 nitrogen and oxygen atoms in total. The van der Waals surface area contributed by atoms with Gasteiger partial charge in [0.1, 0.15) is 0 Å². The van der Waals surface area contributed by atoms with Gasteiger partial charge in [-0.3, -0.25) is 0 Å². The molecule has 0 amide bonds. The lowest BCUT2D eigenvalue weighted by Gasteiger charge is -2.15. The Morgan fingerprint density at radius 2 is 2.42 bits per heavy atom. The highest BCUT2D eigenvalue weighted by Crippen LogP contribution is 2.49. The third kappa shape index (κ3) is 1.63. The molecule has 2 heteroatoms. The smallest absolute Gasteiger partial charge is 0.0912 e. The third-order valence-corrected chi connectivity index (χ3v) is 3.04. The summed E-state index contributed by atoms with van der Waals surface area (Å²) in [6, 6.07) is 0.250. The van der Waals surface area contributed by atoms with Crippen molar-refractivity contribution in [2.75, 3.05) is 6.61 Å². The van der Waals surface area contributed by atoms with Crippen molar-refractivity contribution in [3.63, 3.8) is 0 Å². The molecule has 1 fully saturated rings. The third-order valence-electron chi connectivity index (χ3n) is 3.04. The summed E-state index contributed by atoms with van der Waals surface area (Å²) in [7, 11) is 0. The molecule has 1 heterocycles. The van der Waals surface area contributed by atoms with Crippen LogP contribution in [-0.4, -0.2) is 12.6 Å². The van der Waals surface area contributed by atoms with E-state index in [2.05, 4.69) is 6.92 Å². The molecule has 0 spiro atoms. The Kier molecular flexibility index (Phi) is 1.87. The van der Waals surface area contributed by atoms with Crippen LogP contribution in [0.2, 0.25) is 0 Å². The number of ether oxygens (including phenoxy) is 1. The largest absolute Gasteiger partial charge is 0.501 e. The monoisotopic (exact) mass is 167 g/mol. The normalized spacial score (nSPS) is 27.7. The summed E-state index contributed by atoms with van der Waals surface area (Å²) in [6.45, 7) is 3.16. The number of rotatable bonds is 3. The van der Waals surface area contributed by atoms with Gasteiger partial charge in [0.25, 0.3) is 0 Å². The van der Waals surface area contributed by atoms with E-state index in [0.29, 0.717) is 5.41 Å². The molecule has 1 saturated carbocycles. The average Bonchev–Trinajstić information content (AvgIpc) is 2.55. The molecular weight excluding hydrogens is 150 g/mol. The summed E-state index contributed by atoms with van der Waals surface area (Å²) in [4.78, 5) is 0. The number of hydrogen-bond donors (Lipinski definition) is 1. The number of nitrogens with two attached hydrogens (primary N) is 1. The Bertz CT molecular complexity index is 206. The minimum atomic E-state index is 0.250. The van der Waals surface area contributed by atoms with E-state index >= 15 is 0 Å². The molecular formula is C10H17NO. The lowest BCUT2D eigenvalue weighted by atomic mass is 9.94. The minimum absolute atomic E-state index is 0.250. The highest BCUT2D eigenvalue weighted by Gasteiger charge is 2.39. The van der Waals surface area contributed by atoms with Crippen LogP contribution in [-0.2, 0) is 4.74 Å². The van der Waals surface area contributed by atoms with E-state index < -0.39 is 0 Å². The molecule has 0 aromatic heterocycles. The van der Waals surface area contributed by atoms with Crippen molar-refractivity contribution in [2.24, 2.45) is 11.1 Å². The first-order chi connectivity index (χ1) is 5.70. The Balaban J connectivity index is 1.87. The molecule has 0 bridgehead atoms. The van der Waals surface area contributed by atoms with Crippen LogP contribution in [0, 0.1) is 5.41 Å². The van der Waals surface area contributed by atoms with Crippen molar-refractivity contribution in [2.45, 2.75) is 38.6 Å². The molecule has 0 radical (unpaired) electrons. The van der Waals surface area contributed by atoms with Crippen molar-refractivity contribution in [1.82, 2.24) is 0 Å². The van der Waals surface area contributed by atoms with Gasteiger partial charge < -0.3 is 10.5 Å². The summed E-state index contributed by atoms with van der Waals surface area (Å²) in [5, 5.41) is 0. The van der Waals surface area contributed by atoms with Gasteiger partial charge in [-0.25, -0.2) is 0 Å². The van der Waals surface area contributed by atoms with Crippen LogP contribution in [0.5, 0.6) is 0 Å². The van der Waals surface area contributed by atoms with E-state index in [1.165, 1.54) is 18.4 Å². The van der Waals surface area contributed by atoms with Crippen LogP contribution in [0.25, 0.3) is 0 Å². The Hall–Kier alpha value is -0.500. The van der Waals surface area contributed by atoms with Gasteiger partial charge in [0.2, 0.25) is 0 Å². The van der Waals surface area contributed by atoms with E-state index in [1.54, 1.807) is 0 Å². The van der Waals surface area contributed by atoms with Crippen LogP contribution in [0.1, 0.15) is 32.6 Å². The molecule has 1 atom stereocenters. The molecule has 68 valence electrons. The van der Waals surface area contributed by atoms with E-state index in [9.17, 15) is 0 Å². The Morgan fingerprint density at radius 3 is 2.92 bits per heavy atom. The Morgan fingerprint density at radius 1 is 1.67 bits per heavy atom. The van der Waals surface area contributed by atoms with E-state index in [0.717, 1.165) is 19.4 Å². The molecule has 1 unspecified atom stereocenters. The van der Waals surface area contributed by atoms with Gasteiger partial charge in [-0.2, -0.15) is 0 Å². The predicted molar refractivity (Wildman–Crippen MR) is 48.6 cm³/mol. The molecule has 0 aromatic carbocycles. The maximum absolute atomic E-state index is 6.06. The molecule has 2 N–H and O–H groups in total. The summed E-state index contributed by atoms with van der Waals surface area (Å²) < 4.78 is 5.17. The maximum atomic E-state index is 6.06. The van der Waals surface area contributed by atoms with Crippen LogP contribution in [0.4, 0.5) is 0 Å². The first-order valence-electron chi connectivity index (χ1n) is 4.76. The lowest BCUT2D eigenvalue weighted by molar-refractivity contribution is 0.281. The highest BCUT2D eigenvalue weighted by atomic mass is 16.5. The number of hydrogen-bond acceptors (Lipinski definition) is 2. The lowest BCUT2D eigenvalue weighted by Crippen LogP contribution is -2.25. The standard InChI is InChI=1S/C10H17NO/c1-10(3-4-10)6-9(11)8-2-5-12-7-8/h7,9H,2-6,11H2,1H3. The van der Waals surface area contributed by atoms with Crippen LogP contribution < -0.4 is 5.73 Å². The van der Waals surface area contributed by atoms with Crippen molar-refractivity contribution in [3.05, 3.63) is 11.8 Å². The van der Waals surface area contributed by atoms with Gasteiger partial charge in [-0.05, 0) is 30.3 Å². The molecule has 12 heavy (non-hydrogen) atoms. The molecule has 1 aliphatic carbocycles. The van der Waals surface area contributed by atoms with Gasteiger partial charge >= 0.3 is 0 Å². The van der Waals surface area contributed by atoms with Crippen molar-refractivity contribution < 1.29 is 4.74 Å². The molecule has 1 aliphatic heterocycles. The first-order valence-corrected chi connectivity index (χ1v) is 4.76. The van der Waals surface area contributed by atoms with E-state index in [4.69, 9.17) is 10.5 Å². The quantitative estimate of drug-likeness (QED) is 0.695. The summed E-state index contributed by atoms with van der Waals surface area (Å²) in [6.07, 6.45) is 6.75. The zero-order valence-corrected chi connectivity index (χ0v) is 7.68. The van der Waals surface area contributed by atoms with Gasteiger partial charge in [0.05, 0.1) is 12.9 Å². The SMILES string of the molecule is CC1(CC(N)C2=COCC2)CC1.